The Morgan fingerprint density at radius 3 is 2.25 bits per heavy atom. The van der Waals surface area contributed by atoms with Gasteiger partial charge in [-0.15, -0.1) is 0 Å². The summed E-state index contributed by atoms with van der Waals surface area (Å²) in [6, 6.07) is 0. The number of rotatable bonds is 0. The molecule has 44 valence electrons. The number of nitrogens with two attached hydrogens (primary N) is 1. The Morgan fingerprint density at radius 1 is 1.50 bits per heavy atom. The molecule has 0 radical (unpaired) electrons. The zero-order valence-corrected chi connectivity index (χ0v) is 7.68. The highest BCUT2D eigenvalue weighted by molar-refractivity contribution is 9.13. The smallest absolute Gasteiger partial charge is 0.136 e. The average Bonchev–Trinajstić information content (AvgIpc) is 1.98. The maximum atomic E-state index is 5.42. The molecule has 0 fully saturated rings. The fraction of sp³-hybridized carbons (Fsp3) is 0. The van der Waals surface area contributed by atoms with Crippen molar-refractivity contribution in [3.8, 4) is 0 Å². The van der Waals surface area contributed by atoms with E-state index in [9.17, 15) is 0 Å². The molecular weight excluding hydrogens is 256 g/mol. The van der Waals surface area contributed by atoms with Crippen LogP contribution in [0.5, 0.6) is 0 Å². The van der Waals surface area contributed by atoms with Gasteiger partial charge in [0.25, 0.3) is 0 Å². The second kappa shape index (κ2) is 2.33. The van der Waals surface area contributed by atoms with E-state index in [0.29, 0.717) is 5.00 Å². The fourth-order valence-corrected chi connectivity index (χ4v) is 1.70. The molecule has 2 N–H and O–H groups in total. The molecule has 0 saturated carbocycles. The molecular formula is C3H2Br2N2S. The van der Waals surface area contributed by atoms with E-state index in [2.05, 4.69) is 36.2 Å². The normalized spacial score (nSPS) is 9.75. The molecule has 1 rings (SSSR count). The van der Waals surface area contributed by atoms with Gasteiger partial charge in [0, 0.05) is 0 Å². The summed E-state index contributed by atoms with van der Waals surface area (Å²) < 4.78 is 5.53. The molecule has 0 unspecified atom stereocenters. The van der Waals surface area contributed by atoms with E-state index in [4.69, 9.17) is 5.73 Å². The molecule has 1 heterocycles. The lowest BCUT2D eigenvalue weighted by molar-refractivity contribution is 1.47. The minimum Gasteiger partial charge on any atom is -0.388 e. The van der Waals surface area contributed by atoms with E-state index in [-0.39, 0.29) is 0 Å². The SMILES string of the molecule is Nc1snc(Br)c1Br. The molecule has 0 amide bonds. The number of hydrogen-bond acceptors (Lipinski definition) is 3. The van der Waals surface area contributed by atoms with Gasteiger partial charge in [-0.3, -0.25) is 0 Å². The molecule has 0 bridgehead atoms. The number of hydrogen-bond donors (Lipinski definition) is 1. The fourth-order valence-electron chi connectivity index (χ4n) is 0.271. The van der Waals surface area contributed by atoms with E-state index >= 15 is 0 Å². The Hall–Kier alpha value is 0.390. The maximum absolute atomic E-state index is 5.42. The second-order valence-corrected chi connectivity index (χ2v) is 3.50. The zero-order valence-electron chi connectivity index (χ0n) is 3.69. The Bertz CT molecular complexity index is 178. The number of halogens is 2. The Balaban J connectivity index is 3.19. The van der Waals surface area contributed by atoms with E-state index in [1.165, 1.54) is 11.5 Å². The van der Waals surface area contributed by atoms with Crippen molar-refractivity contribution in [2.24, 2.45) is 0 Å². The third-order valence-corrected chi connectivity index (χ3v) is 3.70. The van der Waals surface area contributed by atoms with E-state index in [1.807, 2.05) is 0 Å². The van der Waals surface area contributed by atoms with Gasteiger partial charge in [-0.2, -0.15) is 4.37 Å². The largest absolute Gasteiger partial charge is 0.388 e. The predicted octanol–water partition coefficient (Wildman–Crippen LogP) is 2.25. The van der Waals surface area contributed by atoms with Crippen LogP contribution >= 0.6 is 43.4 Å². The first-order chi connectivity index (χ1) is 3.72. The number of nitrogens with zero attached hydrogens (tertiary/aromatic N) is 1. The average molecular weight is 258 g/mol. The van der Waals surface area contributed by atoms with Crippen molar-refractivity contribution in [2.75, 3.05) is 5.73 Å². The van der Waals surface area contributed by atoms with Crippen LogP contribution in [0.1, 0.15) is 0 Å². The Labute approximate surface area is 67.5 Å². The van der Waals surface area contributed by atoms with E-state index in [0.717, 1.165) is 9.08 Å². The molecule has 8 heavy (non-hydrogen) atoms. The van der Waals surface area contributed by atoms with Gasteiger partial charge in [-0.1, -0.05) is 0 Å². The highest BCUT2D eigenvalue weighted by Gasteiger charge is 2.02. The van der Waals surface area contributed by atoms with Crippen molar-refractivity contribution in [3.05, 3.63) is 9.08 Å². The van der Waals surface area contributed by atoms with Gasteiger partial charge in [0.05, 0.1) is 4.47 Å². The molecule has 0 spiro atoms. The molecule has 0 aliphatic heterocycles. The van der Waals surface area contributed by atoms with Crippen LogP contribution in [0.2, 0.25) is 0 Å². The minimum absolute atomic E-state index is 0.705. The summed E-state index contributed by atoms with van der Waals surface area (Å²) >= 11 is 7.68. The lowest BCUT2D eigenvalue weighted by Gasteiger charge is -1.80. The van der Waals surface area contributed by atoms with Crippen LogP contribution in [-0.4, -0.2) is 4.37 Å². The summed E-state index contributed by atoms with van der Waals surface area (Å²) in [7, 11) is 0. The van der Waals surface area contributed by atoms with Crippen molar-refractivity contribution in [3.63, 3.8) is 0 Å². The maximum Gasteiger partial charge on any atom is 0.136 e. The third-order valence-electron chi connectivity index (χ3n) is 0.622. The molecule has 0 aliphatic rings. The molecule has 1 aromatic heterocycles. The van der Waals surface area contributed by atoms with Crippen molar-refractivity contribution < 1.29 is 0 Å². The second-order valence-electron chi connectivity index (χ2n) is 1.15. The van der Waals surface area contributed by atoms with Gasteiger partial charge in [0.2, 0.25) is 0 Å². The number of aromatic nitrogens is 1. The van der Waals surface area contributed by atoms with Crippen molar-refractivity contribution in [1.82, 2.24) is 4.37 Å². The van der Waals surface area contributed by atoms with Gasteiger partial charge in [0.1, 0.15) is 9.60 Å². The van der Waals surface area contributed by atoms with Gasteiger partial charge < -0.3 is 5.73 Å². The molecule has 5 heteroatoms. The first-order valence-electron chi connectivity index (χ1n) is 1.78. The summed E-state index contributed by atoms with van der Waals surface area (Å²) in [5, 5.41) is 0.705. The summed E-state index contributed by atoms with van der Waals surface area (Å²) in [5.74, 6) is 0. The highest BCUT2D eigenvalue weighted by atomic mass is 79.9. The van der Waals surface area contributed by atoms with Crippen LogP contribution in [0.25, 0.3) is 0 Å². The molecule has 2 nitrogen and oxygen atoms in total. The van der Waals surface area contributed by atoms with Crippen LogP contribution in [0.3, 0.4) is 0 Å². The predicted molar refractivity (Wildman–Crippen MR) is 41.9 cm³/mol. The van der Waals surface area contributed by atoms with E-state index < -0.39 is 0 Å². The van der Waals surface area contributed by atoms with Gasteiger partial charge in [-0.25, -0.2) is 0 Å². The molecule has 1 aromatic rings. The summed E-state index contributed by atoms with van der Waals surface area (Å²) in [4.78, 5) is 0. The monoisotopic (exact) mass is 256 g/mol. The van der Waals surface area contributed by atoms with Crippen LogP contribution in [0.4, 0.5) is 5.00 Å². The topological polar surface area (TPSA) is 38.9 Å². The van der Waals surface area contributed by atoms with Crippen molar-refractivity contribution in [1.29, 1.82) is 0 Å². The van der Waals surface area contributed by atoms with Gasteiger partial charge in [-0.05, 0) is 43.4 Å². The van der Waals surface area contributed by atoms with Crippen molar-refractivity contribution in [2.45, 2.75) is 0 Å². The summed E-state index contributed by atoms with van der Waals surface area (Å²) in [6.45, 7) is 0. The quantitative estimate of drug-likeness (QED) is 0.775. The van der Waals surface area contributed by atoms with E-state index in [1.54, 1.807) is 0 Å². The molecule has 0 aliphatic carbocycles. The Kier molecular flexibility index (Phi) is 1.89. The van der Waals surface area contributed by atoms with Crippen LogP contribution in [0.15, 0.2) is 9.08 Å². The van der Waals surface area contributed by atoms with Crippen LogP contribution < -0.4 is 5.73 Å². The first kappa shape index (κ1) is 6.51. The first-order valence-corrected chi connectivity index (χ1v) is 4.14. The van der Waals surface area contributed by atoms with Crippen LogP contribution in [0, 0.1) is 0 Å². The summed E-state index contributed by atoms with van der Waals surface area (Å²) in [6.07, 6.45) is 0. The van der Waals surface area contributed by atoms with Crippen molar-refractivity contribution >= 4 is 48.4 Å². The lowest BCUT2D eigenvalue weighted by atomic mass is 10.7. The molecule has 0 atom stereocenters. The van der Waals surface area contributed by atoms with Gasteiger partial charge in [0.15, 0.2) is 0 Å². The third kappa shape index (κ3) is 1.04. The van der Waals surface area contributed by atoms with Crippen LogP contribution in [-0.2, 0) is 0 Å². The standard InChI is InChI=1S/C3H2Br2N2S/c4-1-2(5)7-8-3(1)6/h6H2. The summed E-state index contributed by atoms with van der Waals surface area (Å²) in [5.41, 5.74) is 5.42. The Morgan fingerprint density at radius 2 is 2.12 bits per heavy atom. The van der Waals surface area contributed by atoms with Gasteiger partial charge >= 0.3 is 0 Å². The number of nitrogen functional groups attached to an aromatic ring is 1. The number of anilines is 1. The molecule has 0 saturated heterocycles. The highest BCUT2D eigenvalue weighted by Crippen LogP contribution is 2.30. The minimum atomic E-state index is 0.705. The zero-order chi connectivity index (χ0) is 6.15. The lowest BCUT2D eigenvalue weighted by Crippen LogP contribution is -1.76. The molecule has 0 aromatic carbocycles.